The van der Waals surface area contributed by atoms with Crippen molar-refractivity contribution in [3.05, 3.63) is 63.2 Å². The van der Waals surface area contributed by atoms with E-state index in [-0.39, 0.29) is 43.8 Å². The summed E-state index contributed by atoms with van der Waals surface area (Å²) in [4.78, 5) is 0. The van der Waals surface area contributed by atoms with Gasteiger partial charge in [0.1, 0.15) is 5.75 Å². The molecule has 342 valence electrons. The number of phenols is 1. The first-order chi connectivity index (χ1) is 27.0. The average Bonchev–Trinajstić information content (AvgIpc) is 3.03. The molecule has 0 unspecified atom stereocenters. The maximum atomic E-state index is 11.0. The summed E-state index contributed by atoms with van der Waals surface area (Å²) in [5.41, 5.74) is 10.2. The van der Waals surface area contributed by atoms with Crippen LogP contribution in [-0.2, 0) is 39.4 Å². The number of aromatic hydroxyl groups is 1. The molecule has 60 heavy (non-hydrogen) atoms. The Bertz CT molecular complexity index is 1640. The van der Waals surface area contributed by atoms with Crippen molar-refractivity contribution in [3.63, 3.8) is 0 Å². The lowest BCUT2D eigenvalue weighted by atomic mass is 9.65. The lowest BCUT2D eigenvalue weighted by Gasteiger charge is -2.49. The molecule has 0 amide bonds. The number of aryl methyl sites for hydroxylation is 1. The van der Waals surface area contributed by atoms with Crippen LogP contribution in [0, 0.1) is 24.7 Å². The van der Waals surface area contributed by atoms with Crippen molar-refractivity contribution < 1.29 is 9.84 Å². The highest BCUT2D eigenvalue weighted by Crippen LogP contribution is 2.45. The van der Waals surface area contributed by atoms with Crippen LogP contribution in [0.4, 0.5) is 0 Å². The SMILES string of the molecule is CC1(C)CC(C2CCC(CCc3cc(C(C)(C)C)c(O)c(C(C)(C)C)c3)CC2)CC(C)(C)N1.Cc1c(C(C)(C)C)cc(COC2CC(C)(C)NC(C)(C)C2)cc1C(C)(C)C. The molecule has 0 atom stereocenters. The van der Waals surface area contributed by atoms with Crippen LogP contribution < -0.4 is 10.6 Å². The standard InChI is InChI=1S/C31H53NO.C25H43NO/c1-28(2,3)25-17-22(18-26(27(25)33)29(4,5)6)12-11-21-13-15-23(16-14-21)24-19-30(7,8)32-31(9,10)20-24;1-17-20(22(2,3)4)12-18(13-21(17)23(5,6)7)16-27-19-14-24(8,9)26-25(10,11)15-19/h17-18,21,23-24,32-33H,11-16,19-20H2,1-10H3;12-13,19,26H,14-16H2,1-11H3. The second-order valence-corrected chi connectivity index (χ2v) is 27.0. The molecule has 5 rings (SSSR count). The van der Waals surface area contributed by atoms with Crippen molar-refractivity contribution in [2.75, 3.05) is 0 Å². The van der Waals surface area contributed by atoms with Gasteiger partial charge in [0.2, 0.25) is 0 Å². The van der Waals surface area contributed by atoms with Gasteiger partial charge in [-0.15, -0.1) is 0 Å². The van der Waals surface area contributed by atoms with Gasteiger partial charge in [0, 0.05) is 22.2 Å². The third kappa shape index (κ3) is 14.1. The normalized spacial score (nSPS) is 23.8. The lowest BCUT2D eigenvalue weighted by molar-refractivity contribution is -0.0304. The van der Waals surface area contributed by atoms with E-state index in [1.54, 1.807) is 0 Å². The number of phenolic OH excluding ortho intramolecular Hbond substituents is 1. The zero-order chi connectivity index (χ0) is 45.7. The van der Waals surface area contributed by atoms with Gasteiger partial charge < -0.3 is 20.5 Å². The summed E-state index contributed by atoms with van der Waals surface area (Å²) in [7, 11) is 0. The fraction of sp³-hybridized carbons (Fsp3) is 0.786. The molecule has 3 aliphatic rings. The molecule has 2 heterocycles. The third-order valence-electron chi connectivity index (χ3n) is 14.1. The first kappa shape index (κ1) is 50.8. The number of hydrogen-bond donors (Lipinski definition) is 3. The number of benzene rings is 2. The highest BCUT2D eigenvalue weighted by molar-refractivity contribution is 5.50. The molecule has 4 nitrogen and oxygen atoms in total. The van der Waals surface area contributed by atoms with E-state index in [9.17, 15) is 5.11 Å². The van der Waals surface area contributed by atoms with Gasteiger partial charge in [-0.25, -0.2) is 0 Å². The molecule has 4 heteroatoms. The molecule has 0 spiro atoms. The molecule has 2 aromatic rings. The fourth-order valence-corrected chi connectivity index (χ4v) is 12.0. The Labute approximate surface area is 372 Å². The minimum absolute atomic E-state index is 0.0471. The van der Waals surface area contributed by atoms with Crippen molar-refractivity contribution in [1.29, 1.82) is 0 Å². The molecule has 2 aliphatic heterocycles. The van der Waals surface area contributed by atoms with Crippen LogP contribution in [-0.4, -0.2) is 33.4 Å². The van der Waals surface area contributed by atoms with Gasteiger partial charge in [-0.2, -0.15) is 0 Å². The Kier molecular flexibility index (Phi) is 15.2. The van der Waals surface area contributed by atoms with Crippen molar-refractivity contribution in [2.45, 2.75) is 266 Å². The van der Waals surface area contributed by atoms with Gasteiger partial charge >= 0.3 is 0 Å². The zero-order valence-electron chi connectivity index (χ0n) is 43.3. The molecule has 0 radical (unpaired) electrons. The molecule has 1 saturated carbocycles. The van der Waals surface area contributed by atoms with Crippen LogP contribution in [0.2, 0.25) is 0 Å². The molecule has 3 N–H and O–H groups in total. The monoisotopic (exact) mass is 829 g/mol. The second kappa shape index (κ2) is 17.9. The van der Waals surface area contributed by atoms with Crippen LogP contribution >= 0.6 is 0 Å². The zero-order valence-corrected chi connectivity index (χ0v) is 43.3. The Morgan fingerprint density at radius 3 is 1.28 bits per heavy atom. The summed E-state index contributed by atoms with van der Waals surface area (Å²) < 4.78 is 6.48. The van der Waals surface area contributed by atoms with E-state index in [4.69, 9.17) is 4.74 Å². The number of nitrogens with one attached hydrogen (secondary N) is 2. The van der Waals surface area contributed by atoms with Crippen LogP contribution in [0.5, 0.6) is 5.75 Å². The second-order valence-electron chi connectivity index (χ2n) is 27.0. The Balaban J connectivity index is 0.000000270. The first-order valence-electron chi connectivity index (χ1n) is 24.2. The van der Waals surface area contributed by atoms with Gasteiger partial charge in [-0.1, -0.05) is 120 Å². The number of hydrogen-bond acceptors (Lipinski definition) is 4. The Morgan fingerprint density at radius 1 is 0.533 bits per heavy atom. The number of rotatable bonds is 7. The first-order valence-corrected chi connectivity index (χ1v) is 24.2. The van der Waals surface area contributed by atoms with Gasteiger partial charge in [0.15, 0.2) is 0 Å². The fourth-order valence-electron chi connectivity index (χ4n) is 12.0. The van der Waals surface area contributed by atoms with E-state index < -0.39 is 0 Å². The molecule has 0 aromatic heterocycles. The number of piperidine rings is 2. The van der Waals surface area contributed by atoms with Gasteiger partial charge in [-0.05, 0) is 192 Å². The van der Waals surface area contributed by atoms with Crippen molar-refractivity contribution in [3.8, 4) is 5.75 Å². The third-order valence-corrected chi connectivity index (χ3v) is 14.1. The molecular formula is C56H96N2O2. The molecule has 2 aromatic carbocycles. The van der Waals surface area contributed by atoms with E-state index in [1.807, 2.05) is 0 Å². The minimum atomic E-state index is -0.0471. The van der Waals surface area contributed by atoms with Gasteiger partial charge in [0.05, 0.1) is 12.7 Å². The summed E-state index contributed by atoms with van der Waals surface area (Å²) in [5, 5.41) is 18.6. The summed E-state index contributed by atoms with van der Waals surface area (Å²) in [5.74, 6) is 3.15. The highest BCUT2D eigenvalue weighted by atomic mass is 16.5. The van der Waals surface area contributed by atoms with E-state index in [2.05, 4.69) is 180 Å². The highest BCUT2D eigenvalue weighted by Gasteiger charge is 2.42. The molecule has 1 aliphatic carbocycles. The van der Waals surface area contributed by atoms with Crippen molar-refractivity contribution >= 4 is 0 Å². The van der Waals surface area contributed by atoms with E-state index in [0.29, 0.717) is 18.5 Å². The minimum Gasteiger partial charge on any atom is -0.507 e. The quantitative estimate of drug-likeness (QED) is 0.260. The number of ether oxygens (including phenoxy) is 1. The molecule has 3 fully saturated rings. The predicted octanol–water partition coefficient (Wildman–Crippen LogP) is 14.7. The molecular weight excluding hydrogens is 733 g/mol. The maximum Gasteiger partial charge on any atom is 0.123 e. The van der Waals surface area contributed by atoms with Crippen molar-refractivity contribution in [2.24, 2.45) is 17.8 Å². The Morgan fingerprint density at radius 2 is 0.900 bits per heavy atom. The van der Waals surface area contributed by atoms with Crippen LogP contribution in [0.3, 0.4) is 0 Å². The Hall–Kier alpha value is -1.88. The summed E-state index contributed by atoms with van der Waals surface area (Å²) in [6.07, 6.45) is 13.1. The average molecular weight is 829 g/mol. The largest absolute Gasteiger partial charge is 0.507 e. The smallest absolute Gasteiger partial charge is 0.123 e. The van der Waals surface area contributed by atoms with Crippen molar-refractivity contribution in [1.82, 2.24) is 10.6 Å². The van der Waals surface area contributed by atoms with Crippen LogP contribution in [0.1, 0.15) is 235 Å². The van der Waals surface area contributed by atoms with E-state index >= 15 is 0 Å². The summed E-state index contributed by atoms with van der Waals surface area (Å²) in [6, 6.07) is 9.33. The predicted molar refractivity (Wildman–Crippen MR) is 261 cm³/mol. The van der Waals surface area contributed by atoms with Gasteiger partial charge in [-0.3, -0.25) is 0 Å². The van der Waals surface area contributed by atoms with E-state index in [1.165, 1.54) is 72.8 Å². The van der Waals surface area contributed by atoms with Crippen LogP contribution in [0.25, 0.3) is 0 Å². The summed E-state index contributed by atoms with van der Waals surface area (Å²) >= 11 is 0. The van der Waals surface area contributed by atoms with Crippen LogP contribution in [0.15, 0.2) is 24.3 Å². The summed E-state index contributed by atoms with van der Waals surface area (Å²) in [6.45, 7) is 48.8. The lowest BCUT2D eigenvalue weighted by Crippen LogP contribution is -2.59. The molecule has 0 bridgehead atoms. The maximum absolute atomic E-state index is 11.0. The van der Waals surface area contributed by atoms with Gasteiger partial charge in [0.25, 0.3) is 0 Å². The molecule has 2 saturated heterocycles. The van der Waals surface area contributed by atoms with E-state index in [0.717, 1.165) is 48.1 Å². The topological polar surface area (TPSA) is 53.5 Å².